The predicted molar refractivity (Wildman–Crippen MR) is 67.6 cm³/mol. The van der Waals surface area contributed by atoms with E-state index in [1.165, 1.54) is 14.1 Å². The second kappa shape index (κ2) is 5.63. The van der Waals surface area contributed by atoms with Gasteiger partial charge in [0, 0.05) is 27.2 Å². The molecule has 9 heteroatoms. The van der Waals surface area contributed by atoms with Crippen LogP contribution in [0.25, 0.3) is 0 Å². The minimum Gasteiger partial charge on any atom is -0.396 e. The van der Waals surface area contributed by atoms with E-state index in [2.05, 4.69) is 9.69 Å². The Kier molecular flexibility index (Phi) is 4.69. The van der Waals surface area contributed by atoms with Crippen molar-refractivity contribution >= 4 is 32.4 Å². The molecule has 17 heavy (non-hydrogen) atoms. The maximum absolute atomic E-state index is 12.0. The number of anilines is 2. The number of nitrogens with one attached hydrogen (secondary N) is 1. The smallest absolute Gasteiger partial charge is 0.249 e. The molecule has 98 valence electrons. The summed E-state index contributed by atoms with van der Waals surface area (Å²) in [7, 11) is -0.732. The standard InChI is InChI=1S/C8H16N4O3S2/c1-12(2)17(14,15)6-7(9)11-16-8(6)10-4-3-5-13/h10,13H,3-5H2,1-2H3,(H2,9,11). The Hall–Kier alpha value is -0.900. The summed E-state index contributed by atoms with van der Waals surface area (Å²) < 4.78 is 28.9. The lowest BCUT2D eigenvalue weighted by molar-refractivity contribution is 0.292. The Labute approximate surface area is 104 Å². The molecule has 0 aliphatic carbocycles. The number of nitrogen functional groups attached to an aromatic ring is 1. The molecule has 0 saturated heterocycles. The van der Waals surface area contributed by atoms with Crippen LogP contribution >= 0.6 is 11.5 Å². The Morgan fingerprint density at radius 1 is 1.53 bits per heavy atom. The predicted octanol–water partition coefficient (Wildman–Crippen LogP) is -0.230. The molecule has 0 bridgehead atoms. The zero-order valence-corrected chi connectivity index (χ0v) is 11.3. The molecule has 1 aromatic rings. The zero-order chi connectivity index (χ0) is 13.1. The first-order valence-electron chi connectivity index (χ1n) is 4.93. The van der Waals surface area contributed by atoms with Crippen LogP contribution < -0.4 is 11.1 Å². The fourth-order valence-electron chi connectivity index (χ4n) is 1.12. The van der Waals surface area contributed by atoms with Crippen molar-refractivity contribution in [2.24, 2.45) is 0 Å². The van der Waals surface area contributed by atoms with E-state index in [1.54, 1.807) is 0 Å². The molecule has 1 aromatic heterocycles. The van der Waals surface area contributed by atoms with Gasteiger partial charge in [-0.1, -0.05) is 0 Å². The fourth-order valence-corrected chi connectivity index (χ4v) is 3.22. The molecule has 4 N–H and O–H groups in total. The third-order valence-corrected chi connectivity index (χ3v) is 4.87. The highest BCUT2D eigenvalue weighted by Gasteiger charge is 2.27. The van der Waals surface area contributed by atoms with Crippen LogP contribution in [0.5, 0.6) is 0 Å². The van der Waals surface area contributed by atoms with Gasteiger partial charge in [0.1, 0.15) is 5.00 Å². The van der Waals surface area contributed by atoms with Crippen LogP contribution in [0.2, 0.25) is 0 Å². The number of hydrogen-bond donors (Lipinski definition) is 3. The van der Waals surface area contributed by atoms with Crippen molar-refractivity contribution in [1.29, 1.82) is 0 Å². The highest BCUT2D eigenvalue weighted by molar-refractivity contribution is 7.89. The minimum atomic E-state index is -3.60. The third-order valence-electron chi connectivity index (χ3n) is 2.03. The van der Waals surface area contributed by atoms with Gasteiger partial charge in [-0.15, -0.1) is 0 Å². The highest BCUT2D eigenvalue weighted by Crippen LogP contribution is 2.32. The van der Waals surface area contributed by atoms with E-state index >= 15 is 0 Å². The van der Waals surface area contributed by atoms with Crippen LogP contribution in [0.3, 0.4) is 0 Å². The molecule has 0 radical (unpaired) electrons. The fraction of sp³-hybridized carbons (Fsp3) is 0.625. The van der Waals surface area contributed by atoms with Gasteiger partial charge in [-0.3, -0.25) is 0 Å². The van der Waals surface area contributed by atoms with Crippen molar-refractivity contribution < 1.29 is 13.5 Å². The molecule has 0 spiro atoms. The SMILES string of the molecule is CN(C)S(=O)(=O)c1c(N)nsc1NCCCO. The Balaban J connectivity index is 3.03. The molecule has 0 unspecified atom stereocenters. The van der Waals surface area contributed by atoms with Gasteiger partial charge in [-0.2, -0.15) is 4.37 Å². The zero-order valence-electron chi connectivity index (χ0n) is 9.67. The normalized spacial score (nSPS) is 12.0. The quantitative estimate of drug-likeness (QED) is 0.621. The van der Waals surface area contributed by atoms with Crippen molar-refractivity contribution in [3.05, 3.63) is 0 Å². The maximum Gasteiger partial charge on any atom is 0.249 e. The van der Waals surface area contributed by atoms with Gasteiger partial charge in [0.25, 0.3) is 0 Å². The van der Waals surface area contributed by atoms with Gasteiger partial charge < -0.3 is 16.2 Å². The molecule has 0 amide bonds. The lowest BCUT2D eigenvalue weighted by atomic mass is 10.4. The molecule has 0 atom stereocenters. The molecule has 7 nitrogen and oxygen atoms in total. The number of rotatable bonds is 6. The van der Waals surface area contributed by atoms with Crippen LogP contribution in [0.1, 0.15) is 6.42 Å². The summed E-state index contributed by atoms with van der Waals surface area (Å²) in [5, 5.41) is 12.0. The summed E-state index contributed by atoms with van der Waals surface area (Å²) in [6, 6.07) is 0. The summed E-state index contributed by atoms with van der Waals surface area (Å²) in [5.74, 6) is -0.00445. The first kappa shape index (κ1) is 14.2. The Bertz CT molecular complexity index is 469. The number of aliphatic hydroxyl groups excluding tert-OH is 1. The second-order valence-electron chi connectivity index (χ2n) is 3.52. The van der Waals surface area contributed by atoms with E-state index in [9.17, 15) is 8.42 Å². The van der Waals surface area contributed by atoms with E-state index in [1.807, 2.05) is 0 Å². The third kappa shape index (κ3) is 3.06. The number of aliphatic hydroxyl groups is 1. The summed E-state index contributed by atoms with van der Waals surface area (Å²) >= 11 is 0.997. The summed E-state index contributed by atoms with van der Waals surface area (Å²) in [5.41, 5.74) is 5.57. The van der Waals surface area contributed by atoms with Gasteiger partial charge in [0.15, 0.2) is 10.7 Å². The molecular weight excluding hydrogens is 264 g/mol. The molecule has 0 saturated carbocycles. The van der Waals surface area contributed by atoms with Crippen molar-refractivity contribution in [3.63, 3.8) is 0 Å². The first-order chi connectivity index (χ1) is 7.91. The molecule has 0 aromatic carbocycles. The van der Waals surface area contributed by atoms with E-state index in [0.29, 0.717) is 18.0 Å². The number of hydrogen-bond acceptors (Lipinski definition) is 7. The van der Waals surface area contributed by atoms with Crippen LogP contribution in [-0.2, 0) is 10.0 Å². The van der Waals surface area contributed by atoms with Crippen molar-refractivity contribution in [3.8, 4) is 0 Å². The van der Waals surface area contributed by atoms with Crippen LogP contribution in [-0.4, -0.2) is 49.5 Å². The Morgan fingerprint density at radius 2 is 2.18 bits per heavy atom. The second-order valence-corrected chi connectivity index (χ2v) is 6.38. The number of sulfonamides is 1. The van der Waals surface area contributed by atoms with E-state index in [0.717, 1.165) is 15.8 Å². The van der Waals surface area contributed by atoms with E-state index < -0.39 is 10.0 Å². The van der Waals surface area contributed by atoms with Gasteiger partial charge in [-0.05, 0) is 18.0 Å². The van der Waals surface area contributed by atoms with Crippen molar-refractivity contribution in [2.75, 3.05) is 38.3 Å². The highest BCUT2D eigenvalue weighted by atomic mass is 32.2. The average molecular weight is 280 g/mol. The minimum absolute atomic E-state index is 0.00445. The topological polar surface area (TPSA) is 109 Å². The number of nitrogens with two attached hydrogens (primary N) is 1. The Morgan fingerprint density at radius 3 is 2.71 bits per heavy atom. The van der Waals surface area contributed by atoms with Gasteiger partial charge in [0.2, 0.25) is 10.0 Å². The van der Waals surface area contributed by atoms with E-state index in [-0.39, 0.29) is 17.3 Å². The monoisotopic (exact) mass is 280 g/mol. The van der Waals surface area contributed by atoms with Crippen LogP contribution in [0.4, 0.5) is 10.8 Å². The van der Waals surface area contributed by atoms with Gasteiger partial charge >= 0.3 is 0 Å². The molecule has 0 aliphatic rings. The summed E-state index contributed by atoms with van der Waals surface area (Å²) in [6.45, 7) is 0.505. The molecule has 1 heterocycles. The van der Waals surface area contributed by atoms with Crippen LogP contribution in [0, 0.1) is 0 Å². The molecule has 0 aliphatic heterocycles. The first-order valence-corrected chi connectivity index (χ1v) is 7.15. The average Bonchev–Trinajstić information content (AvgIpc) is 2.60. The molecule has 1 rings (SSSR count). The lowest BCUT2D eigenvalue weighted by Gasteiger charge is -2.12. The molecule has 0 fully saturated rings. The summed E-state index contributed by atoms with van der Waals surface area (Å²) in [4.78, 5) is 0.00504. The van der Waals surface area contributed by atoms with Crippen LogP contribution in [0.15, 0.2) is 4.90 Å². The van der Waals surface area contributed by atoms with Gasteiger partial charge in [-0.25, -0.2) is 12.7 Å². The number of aromatic nitrogens is 1. The molecular formula is C8H16N4O3S2. The van der Waals surface area contributed by atoms with Crippen molar-refractivity contribution in [2.45, 2.75) is 11.3 Å². The maximum atomic E-state index is 12.0. The lowest BCUT2D eigenvalue weighted by Crippen LogP contribution is -2.23. The number of nitrogens with zero attached hydrogens (tertiary/aromatic N) is 2. The van der Waals surface area contributed by atoms with Crippen molar-refractivity contribution in [1.82, 2.24) is 8.68 Å². The largest absolute Gasteiger partial charge is 0.396 e. The van der Waals surface area contributed by atoms with Gasteiger partial charge in [0.05, 0.1) is 0 Å². The van der Waals surface area contributed by atoms with E-state index in [4.69, 9.17) is 10.8 Å². The summed E-state index contributed by atoms with van der Waals surface area (Å²) in [6.07, 6.45) is 0.527.